The van der Waals surface area contributed by atoms with Gasteiger partial charge in [-0.15, -0.1) is 0 Å². The summed E-state index contributed by atoms with van der Waals surface area (Å²) in [6.07, 6.45) is 1.95. The first-order valence-corrected chi connectivity index (χ1v) is 17.1. The molecule has 1 spiro atoms. The molecule has 1 aromatic heterocycles. The van der Waals surface area contributed by atoms with E-state index in [0.717, 1.165) is 27.7 Å². The summed E-state index contributed by atoms with van der Waals surface area (Å²) in [5.41, 5.74) is 7.96. The van der Waals surface area contributed by atoms with Crippen LogP contribution in [0, 0.1) is 6.92 Å². The highest BCUT2D eigenvalue weighted by molar-refractivity contribution is 7.23. The third-order valence-electron chi connectivity index (χ3n) is 9.54. The second-order valence-corrected chi connectivity index (χ2v) is 15.4. The SMILES string of the molecule is Cc1cn(-c2ccccc2)c(=O)c2cc(N3c4ccccc4[Si]4(c5ccccc5-c5ccccc54)c4ccccc43)ccc12. The zero-order valence-corrected chi connectivity index (χ0v) is 25.2. The number of pyridine rings is 1. The number of fused-ring (bicyclic) bond motifs is 10. The number of hydrogen-bond donors (Lipinski definition) is 0. The molecule has 0 fully saturated rings. The minimum Gasteiger partial charge on any atom is -0.311 e. The Morgan fingerprint density at radius 2 is 1.02 bits per heavy atom. The molecular formula is C40H28N2OSi. The molecule has 2 aliphatic rings. The summed E-state index contributed by atoms with van der Waals surface area (Å²) in [7, 11) is -2.61. The lowest BCUT2D eigenvalue weighted by Crippen LogP contribution is -2.75. The molecule has 4 heteroatoms. The van der Waals surface area contributed by atoms with Gasteiger partial charge in [-0.25, -0.2) is 0 Å². The molecule has 0 atom stereocenters. The Morgan fingerprint density at radius 1 is 0.500 bits per heavy atom. The summed E-state index contributed by atoms with van der Waals surface area (Å²) < 4.78 is 1.77. The van der Waals surface area contributed by atoms with Gasteiger partial charge < -0.3 is 4.90 Å². The van der Waals surface area contributed by atoms with E-state index in [1.807, 2.05) is 36.5 Å². The molecule has 2 aliphatic heterocycles. The number of para-hydroxylation sites is 3. The van der Waals surface area contributed by atoms with Gasteiger partial charge in [-0.05, 0) is 86.1 Å². The average Bonchev–Trinajstić information content (AvgIpc) is 3.38. The molecule has 3 nitrogen and oxygen atoms in total. The van der Waals surface area contributed by atoms with Crippen LogP contribution >= 0.6 is 0 Å². The van der Waals surface area contributed by atoms with Crippen LogP contribution < -0.4 is 31.2 Å². The fourth-order valence-corrected chi connectivity index (χ4v) is 13.3. The van der Waals surface area contributed by atoms with Gasteiger partial charge >= 0.3 is 0 Å². The summed E-state index contributed by atoms with van der Waals surface area (Å²) in [5, 5.41) is 7.34. The zero-order valence-electron chi connectivity index (χ0n) is 24.2. The van der Waals surface area contributed by atoms with Crippen molar-refractivity contribution in [2.45, 2.75) is 6.92 Å². The molecule has 6 aromatic carbocycles. The standard InChI is InChI=1S/C40H28N2OSi/c1-27-26-41(28-13-3-2-4-14-28)40(43)33-25-29(23-24-30(27)33)42-34-17-7-11-21-38(34)44(39-22-12-8-18-35(39)42)36-19-9-5-15-31(36)32-16-6-10-20-37(32)44/h2-26H,1H3. The highest BCUT2D eigenvalue weighted by atomic mass is 28.3. The number of aryl methyl sites for hydroxylation is 1. The van der Waals surface area contributed by atoms with E-state index < -0.39 is 8.07 Å². The molecular weight excluding hydrogens is 553 g/mol. The zero-order chi connectivity index (χ0) is 29.4. The average molecular weight is 581 g/mol. The highest BCUT2D eigenvalue weighted by Gasteiger charge is 2.53. The van der Waals surface area contributed by atoms with E-state index in [9.17, 15) is 4.79 Å². The molecule has 0 N–H and O–H groups in total. The Labute approximate surface area is 256 Å². The first-order valence-electron chi connectivity index (χ1n) is 15.1. The van der Waals surface area contributed by atoms with Crippen LogP contribution in [0.1, 0.15) is 5.56 Å². The molecule has 44 heavy (non-hydrogen) atoms. The van der Waals surface area contributed by atoms with Gasteiger partial charge in [0, 0.05) is 34.3 Å². The number of rotatable bonds is 2. The van der Waals surface area contributed by atoms with E-state index in [1.165, 1.54) is 43.2 Å². The minimum atomic E-state index is -2.61. The van der Waals surface area contributed by atoms with E-state index in [0.29, 0.717) is 0 Å². The first-order chi connectivity index (χ1) is 21.7. The summed E-state index contributed by atoms with van der Waals surface area (Å²) in [4.78, 5) is 16.4. The van der Waals surface area contributed by atoms with Crippen molar-refractivity contribution in [3.8, 4) is 16.8 Å². The summed E-state index contributed by atoms with van der Waals surface area (Å²) in [5.74, 6) is 0. The summed E-state index contributed by atoms with van der Waals surface area (Å²) in [6, 6.07) is 52.1. The molecule has 0 saturated carbocycles. The summed E-state index contributed by atoms with van der Waals surface area (Å²) >= 11 is 0. The van der Waals surface area contributed by atoms with E-state index in [1.54, 1.807) is 4.57 Å². The van der Waals surface area contributed by atoms with Gasteiger partial charge in [0.05, 0.1) is 0 Å². The van der Waals surface area contributed by atoms with Crippen LogP contribution in [0.25, 0.3) is 27.6 Å². The maximum Gasteiger partial charge on any atom is 0.263 e. The van der Waals surface area contributed by atoms with Crippen molar-refractivity contribution in [1.29, 1.82) is 0 Å². The molecule has 7 aromatic rings. The lowest BCUT2D eigenvalue weighted by atomic mass is 10.1. The maximum atomic E-state index is 14.0. The van der Waals surface area contributed by atoms with Crippen molar-refractivity contribution < 1.29 is 0 Å². The predicted octanol–water partition coefficient (Wildman–Crippen LogP) is 6.44. The third kappa shape index (κ3) is 3.23. The van der Waals surface area contributed by atoms with Gasteiger partial charge in [0.1, 0.15) is 0 Å². The van der Waals surface area contributed by atoms with Gasteiger partial charge in [0.25, 0.3) is 5.56 Å². The van der Waals surface area contributed by atoms with Crippen molar-refractivity contribution in [1.82, 2.24) is 4.57 Å². The van der Waals surface area contributed by atoms with Gasteiger partial charge in [-0.1, -0.05) is 109 Å². The molecule has 0 unspecified atom stereocenters. The monoisotopic (exact) mass is 580 g/mol. The fraction of sp³-hybridized carbons (Fsp3) is 0.0250. The molecule has 0 amide bonds. The smallest absolute Gasteiger partial charge is 0.263 e. The molecule has 0 aliphatic carbocycles. The number of benzene rings is 6. The third-order valence-corrected chi connectivity index (χ3v) is 14.5. The molecule has 208 valence electrons. The Hall–Kier alpha value is -5.45. The van der Waals surface area contributed by atoms with Crippen LogP contribution in [0.3, 0.4) is 0 Å². The first kappa shape index (κ1) is 25.1. The normalized spacial score (nSPS) is 13.8. The van der Waals surface area contributed by atoms with Crippen molar-refractivity contribution in [3.63, 3.8) is 0 Å². The Balaban J connectivity index is 1.34. The number of anilines is 3. The highest BCUT2D eigenvalue weighted by Crippen LogP contribution is 2.41. The number of aromatic nitrogens is 1. The van der Waals surface area contributed by atoms with E-state index in [2.05, 4.69) is 127 Å². The van der Waals surface area contributed by atoms with Crippen LogP contribution in [0.4, 0.5) is 17.1 Å². The van der Waals surface area contributed by atoms with Crippen molar-refractivity contribution >= 4 is 56.7 Å². The van der Waals surface area contributed by atoms with Crippen molar-refractivity contribution in [3.05, 3.63) is 168 Å². The molecule has 0 radical (unpaired) electrons. The van der Waals surface area contributed by atoms with E-state index >= 15 is 0 Å². The van der Waals surface area contributed by atoms with Crippen LogP contribution in [0.5, 0.6) is 0 Å². The Kier molecular flexibility index (Phi) is 5.29. The molecule has 0 bridgehead atoms. The lowest BCUT2D eigenvalue weighted by Gasteiger charge is -2.43. The number of hydrogen-bond acceptors (Lipinski definition) is 2. The topological polar surface area (TPSA) is 25.2 Å². The van der Waals surface area contributed by atoms with Gasteiger partial charge in [0.2, 0.25) is 0 Å². The van der Waals surface area contributed by atoms with E-state index in [-0.39, 0.29) is 5.56 Å². The van der Waals surface area contributed by atoms with Crippen LogP contribution in [-0.4, -0.2) is 12.6 Å². The minimum absolute atomic E-state index is 0.0123. The van der Waals surface area contributed by atoms with Crippen molar-refractivity contribution in [2.75, 3.05) is 4.90 Å². The molecule has 3 heterocycles. The van der Waals surface area contributed by atoms with Gasteiger partial charge in [-0.3, -0.25) is 9.36 Å². The van der Waals surface area contributed by atoms with Crippen LogP contribution in [-0.2, 0) is 0 Å². The second kappa shape index (κ2) is 9.27. The number of nitrogens with zero attached hydrogens (tertiary/aromatic N) is 2. The summed E-state index contributed by atoms with van der Waals surface area (Å²) in [6.45, 7) is 2.08. The van der Waals surface area contributed by atoms with Crippen LogP contribution in [0.15, 0.2) is 157 Å². The molecule has 0 saturated heterocycles. The van der Waals surface area contributed by atoms with Crippen molar-refractivity contribution in [2.24, 2.45) is 0 Å². The molecule has 9 rings (SSSR count). The second-order valence-electron chi connectivity index (χ2n) is 11.8. The predicted molar refractivity (Wildman–Crippen MR) is 185 cm³/mol. The Morgan fingerprint density at radius 3 is 1.64 bits per heavy atom. The quantitative estimate of drug-likeness (QED) is 0.220. The Bertz CT molecular complexity index is 2240. The largest absolute Gasteiger partial charge is 0.311 e. The maximum absolute atomic E-state index is 14.0. The van der Waals surface area contributed by atoms with Crippen LogP contribution in [0.2, 0.25) is 0 Å². The van der Waals surface area contributed by atoms with Gasteiger partial charge in [-0.2, -0.15) is 0 Å². The fourth-order valence-electron chi connectivity index (χ4n) is 7.76. The van der Waals surface area contributed by atoms with Gasteiger partial charge in [0.15, 0.2) is 8.07 Å². The lowest BCUT2D eigenvalue weighted by molar-refractivity contribution is 0.996. The van der Waals surface area contributed by atoms with E-state index in [4.69, 9.17) is 0 Å².